The van der Waals surface area contributed by atoms with Gasteiger partial charge in [-0.25, -0.2) is 13.4 Å². The van der Waals surface area contributed by atoms with Gasteiger partial charge in [0.2, 0.25) is 10.0 Å². The standard InChI is InChI=1S/C20H19N3O6S2/c24-19(13-1-3-14(4-2-13)31(25,26)23-5-7-27-8-6-23)22-20-21-15-11-16-17(12-18(15)30-20)29-10-9-28-16/h1-4,11-12H,5-10H2,(H,21,22,24). The Balaban J connectivity index is 1.32. The van der Waals surface area contributed by atoms with E-state index in [0.29, 0.717) is 67.2 Å². The van der Waals surface area contributed by atoms with Crippen LogP contribution in [0.3, 0.4) is 0 Å². The van der Waals surface area contributed by atoms with Crippen molar-refractivity contribution >= 4 is 42.6 Å². The van der Waals surface area contributed by atoms with Crippen molar-refractivity contribution in [3.8, 4) is 11.5 Å². The Labute approximate surface area is 182 Å². The summed E-state index contributed by atoms with van der Waals surface area (Å²) in [4.78, 5) is 17.2. The highest BCUT2D eigenvalue weighted by atomic mass is 32.2. The molecule has 1 fully saturated rings. The van der Waals surface area contributed by atoms with Crippen LogP contribution in [0.2, 0.25) is 0 Å². The highest BCUT2D eigenvalue weighted by Gasteiger charge is 2.26. The molecule has 1 aromatic heterocycles. The zero-order valence-corrected chi connectivity index (χ0v) is 18.0. The highest BCUT2D eigenvalue weighted by molar-refractivity contribution is 7.89. The average Bonchev–Trinajstić information content (AvgIpc) is 3.19. The number of nitrogens with one attached hydrogen (secondary N) is 1. The maximum Gasteiger partial charge on any atom is 0.257 e. The van der Waals surface area contributed by atoms with Crippen molar-refractivity contribution in [1.82, 2.24) is 9.29 Å². The second-order valence-electron chi connectivity index (χ2n) is 6.98. The zero-order valence-electron chi connectivity index (χ0n) is 16.4. The minimum Gasteiger partial charge on any atom is -0.486 e. The van der Waals surface area contributed by atoms with Gasteiger partial charge in [0.25, 0.3) is 5.91 Å². The largest absolute Gasteiger partial charge is 0.486 e. The second-order valence-corrected chi connectivity index (χ2v) is 9.95. The van der Waals surface area contributed by atoms with E-state index < -0.39 is 10.0 Å². The Morgan fingerprint density at radius 2 is 1.68 bits per heavy atom. The molecule has 0 unspecified atom stereocenters. The molecule has 1 amide bonds. The molecule has 2 aliphatic rings. The number of thiazole rings is 1. The number of aromatic nitrogens is 1. The van der Waals surface area contributed by atoms with Crippen molar-refractivity contribution < 1.29 is 27.4 Å². The zero-order chi connectivity index (χ0) is 21.4. The van der Waals surface area contributed by atoms with E-state index in [1.165, 1.54) is 39.9 Å². The van der Waals surface area contributed by atoms with Crippen molar-refractivity contribution in [1.29, 1.82) is 0 Å². The van der Waals surface area contributed by atoms with Crippen LogP contribution in [-0.2, 0) is 14.8 Å². The molecule has 1 N–H and O–H groups in total. The summed E-state index contributed by atoms with van der Waals surface area (Å²) in [6.45, 7) is 2.39. The van der Waals surface area contributed by atoms with Gasteiger partial charge in [0.05, 0.1) is 28.3 Å². The molecule has 0 radical (unpaired) electrons. The van der Waals surface area contributed by atoms with E-state index in [1.54, 1.807) is 6.07 Å². The smallest absolute Gasteiger partial charge is 0.257 e. The van der Waals surface area contributed by atoms with Crippen LogP contribution in [-0.4, -0.2) is 63.1 Å². The first-order valence-corrected chi connectivity index (χ1v) is 12.0. The number of nitrogens with zero attached hydrogens (tertiary/aromatic N) is 2. The first-order valence-electron chi connectivity index (χ1n) is 9.70. The molecule has 0 atom stereocenters. The number of benzene rings is 2. The quantitative estimate of drug-likeness (QED) is 0.635. The van der Waals surface area contributed by atoms with E-state index in [-0.39, 0.29) is 10.8 Å². The Bertz CT molecular complexity index is 1190. The van der Waals surface area contributed by atoms with Crippen LogP contribution < -0.4 is 14.8 Å². The average molecular weight is 462 g/mol. The van der Waals surface area contributed by atoms with E-state index >= 15 is 0 Å². The van der Waals surface area contributed by atoms with Crippen LogP contribution in [0.5, 0.6) is 11.5 Å². The normalized spacial score (nSPS) is 16.9. The van der Waals surface area contributed by atoms with E-state index in [0.717, 1.165) is 4.70 Å². The lowest BCUT2D eigenvalue weighted by Gasteiger charge is -2.26. The summed E-state index contributed by atoms with van der Waals surface area (Å²) in [5.74, 6) is 0.933. The molecule has 0 spiro atoms. The summed E-state index contributed by atoms with van der Waals surface area (Å²) >= 11 is 1.33. The summed E-state index contributed by atoms with van der Waals surface area (Å²) in [6.07, 6.45) is 0. The van der Waals surface area contributed by atoms with Gasteiger partial charge in [-0.05, 0) is 24.3 Å². The molecular formula is C20H19N3O6S2. The molecule has 0 aliphatic carbocycles. The van der Waals surface area contributed by atoms with Gasteiger partial charge < -0.3 is 14.2 Å². The van der Waals surface area contributed by atoms with E-state index in [4.69, 9.17) is 14.2 Å². The summed E-state index contributed by atoms with van der Waals surface area (Å²) in [5.41, 5.74) is 1.04. The molecule has 0 bridgehead atoms. The third kappa shape index (κ3) is 3.97. The molecule has 1 saturated heterocycles. The molecule has 5 rings (SSSR count). The molecular weight excluding hydrogens is 442 g/mol. The predicted octanol–water partition coefficient (Wildman–Crippen LogP) is 2.34. The Morgan fingerprint density at radius 3 is 2.39 bits per heavy atom. The number of amides is 1. The molecule has 3 aromatic rings. The number of hydrogen-bond donors (Lipinski definition) is 1. The number of sulfonamides is 1. The maximum absolute atomic E-state index is 12.7. The summed E-state index contributed by atoms with van der Waals surface area (Å²) < 4.78 is 44.0. The van der Waals surface area contributed by atoms with Crippen LogP contribution >= 0.6 is 11.3 Å². The monoisotopic (exact) mass is 461 g/mol. The van der Waals surface area contributed by atoms with Crippen LogP contribution in [0.25, 0.3) is 10.2 Å². The van der Waals surface area contributed by atoms with Crippen molar-refractivity contribution in [3.63, 3.8) is 0 Å². The fourth-order valence-electron chi connectivity index (χ4n) is 3.40. The number of carbonyl (C=O) groups excluding carboxylic acids is 1. The van der Waals surface area contributed by atoms with Crippen LogP contribution in [0.4, 0.5) is 5.13 Å². The number of rotatable bonds is 4. The number of anilines is 1. The lowest BCUT2D eigenvalue weighted by Crippen LogP contribution is -2.40. The van der Waals surface area contributed by atoms with Crippen LogP contribution in [0, 0.1) is 0 Å². The Morgan fingerprint density at radius 1 is 1.00 bits per heavy atom. The van der Waals surface area contributed by atoms with Crippen LogP contribution in [0.15, 0.2) is 41.3 Å². The third-order valence-corrected chi connectivity index (χ3v) is 7.84. The lowest BCUT2D eigenvalue weighted by atomic mass is 10.2. The molecule has 31 heavy (non-hydrogen) atoms. The van der Waals surface area contributed by atoms with E-state index in [2.05, 4.69) is 10.3 Å². The molecule has 162 valence electrons. The lowest BCUT2D eigenvalue weighted by molar-refractivity contribution is 0.0730. The highest BCUT2D eigenvalue weighted by Crippen LogP contribution is 2.37. The van der Waals surface area contributed by atoms with Crippen molar-refractivity contribution in [3.05, 3.63) is 42.0 Å². The SMILES string of the molecule is O=C(Nc1nc2cc3c(cc2s1)OCCO3)c1ccc(S(=O)(=O)N2CCOCC2)cc1. The van der Waals surface area contributed by atoms with Gasteiger partial charge in [-0.1, -0.05) is 11.3 Å². The minimum atomic E-state index is -3.60. The minimum absolute atomic E-state index is 0.150. The number of fused-ring (bicyclic) bond motifs is 2. The first-order chi connectivity index (χ1) is 15.0. The van der Waals surface area contributed by atoms with Gasteiger partial charge in [0.15, 0.2) is 16.6 Å². The number of hydrogen-bond acceptors (Lipinski definition) is 8. The Kier molecular flexibility index (Phi) is 5.26. The molecule has 9 nitrogen and oxygen atoms in total. The summed E-state index contributed by atoms with van der Waals surface area (Å²) in [6, 6.07) is 9.53. The molecule has 3 heterocycles. The summed E-state index contributed by atoms with van der Waals surface area (Å²) in [7, 11) is -3.60. The third-order valence-electron chi connectivity index (χ3n) is 5.00. The maximum atomic E-state index is 12.7. The van der Waals surface area contributed by atoms with Crippen molar-refractivity contribution in [2.75, 3.05) is 44.8 Å². The molecule has 11 heteroatoms. The van der Waals surface area contributed by atoms with Crippen LogP contribution in [0.1, 0.15) is 10.4 Å². The molecule has 2 aromatic carbocycles. The Hall–Kier alpha value is -2.73. The van der Waals surface area contributed by atoms with Crippen molar-refractivity contribution in [2.24, 2.45) is 0 Å². The fourth-order valence-corrected chi connectivity index (χ4v) is 5.68. The van der Waals surface area contributed by atoms with E-state index in [9.17, 15) is 13.2 Å². The fraction of sp³-hybridized carbons (Fsp3) is 0.300. The van der Waals surface area contributed by atoms with Gasteiger partial charge in [0.1, 0.15) is 13.2 Å². The van der Waals surface area contributed by atoms with E-state index in [1.807, 2.05) is 6.07 Å². The molecule has 0 saturated carbocycles. The van der Waals surface area contributed by atoms with Gasteiger partial charge in [-0.15, -0.1) is 0 Å². The molecule has 2 aliphatic heterocycles. The first kappa shape index (κ1) is 20.2. The van der Waals surface area contributed by atoms with Gasteiger partial charge in [-0.3, -0.25) is 10.1 Å². The number of ether oxygens (including phenoxy) is 3. The second kappa shape index (κ2) is 8.08. The topological polar surface area (TPSA) is 107 Å². The predicted molar refractivity (Wildman–Crippen MR) is 115 cm³/mol. The number of carbonyl (C=O) groups is 1. The van der Waals surface area contributed by atoms with Crippen molar-refractivity contribution in [2.45, 2.75) is 4.90 Å². The number of morpholine rings is 1. The van der Waals surface area contributed by atoms with Gasteiger partial charge >= 0.3 is 0 Å². The summed E-state index contributed by atoms with van der Waals surface area (Å²) in [5, 5.41) is 3.21. The van der Waals surface area contributed by atoms with Gasteiger partial charge in [0, 0.05) is 30.8 Å². The van der Waals surface area contributed by atoms with Gasteiger partial charge in [-0.2, -0.15) is 4.31 Å².